The summed E-state index contributed by atoms with van der Waals surface area (Å²) in [6.07, 6.45) is 11.9. The van der Waals surface area contributed by atoms with E-state index in [4.69, 9.17) is 14.2 Å². The molecule has 0 amide bonds. The highest BCUT2D eigenvalue weighted by atomic mass is 16.7. The lowest BCUT2D eigenvalue weighted by Gasteiger charge is -2.56. The van der Waals surface area contributed by atoms with Crippen LogP contribution in [0.4, 0.5) is 0 Å². The highest BCUT2D eigenvalue weighted by Gasteiger charge is 2.68. The molecule has 31 heavy (non-hydrogen) atoms. The minimum Gasteiger partial charge on any atom is -0.382 e. The Balaban J connectivity index is 1.59. The number of ether oxygens (including phenoxy) is 3. The molecule has 0 radical (unpaired) electrons. The summed E-state index contributed by atoms with van der Waals surface area (Å²) in [5, 5.41) is 0. The van der Waals surface area contributed by atoms with Gasteiger partial charge < -0.3 is 14.2 Å². The predicted molar refractivity (Wildman–Crippen MR) is 116 cm³/mol. The summed E-state index contributed by atoms with van der Waals surface area (Å²) in [6, 6.07) is 0. The van der Waals surface area contributed by atoms with Gasteiger partial charge in [0.25, 0.3) is 0 Å². The molecular formula is C26H34O5. The van der Waals surface area contributed by atoms with Crippen LogP contribution in [0, 0.1) is 22.2 Å². The van der Waals surface area contributed by atoms with Crippen molar-refractivity contribution in [1.82, 2.24) is 0 Å². The van der Waals surface area contributed by atoms with E-state index in [1.54, 1.807) is 7.11 Å². The van der Waals surface area contributed by atoms with Crippen LogP contribution < -0.4 is 0 Å². The summed E-state index contributed by atoms with van der Waals surface area (Å²) in [7, 11) is 1.66. The Bertz CT molecular complexity index is 897. The maximum atomic E-state index is 13.5. The third kappa shape index (κ3) is 2.86. The van der Waals surface area contributed by atoms with Crippen LogP contribution in [0.5, 0.6) is 0 Å². The van der Waals surface area contributed by atoms with Crippen LogP contribution in [0.3, 0.4) is 0 Å². The van der Waals surface area contributed by atoms with Crippen LogP contribution >= 0.6 is 0 Å². The molecule has 1 unspecified atom stereocenters. The first-order chi connectivity index (χ1) is 14.9. The molecule has 0 aliphatic heterocycles. The van der Waals surface area contributed by atoms with E-state index in [9.17, 15) is 9.59 Å². The van der Waals surface area contributed by atoms with Crippen molar-refractivity contribution in [1.29, 1.82) is 0 Å². The van der Waals surface area contributed by atoms with Crippen molar-refractivity contribution in [3.63, 3.8) is 0 Å². The van der Waals surface area contributed by atoms with Crippen LogP contribution in [0.2, 0.25) is 0 Å². The molecule has 168 valence electrons. The molecule has 5 aliphatic rings. The van der Waals surface area contributed by atoms with Crippen LogP contribution in [-0.4, -0.2) is 44.8 Å². The number of carbonyl (C=O) groups excluding carboxylic acids is 2. The number of hydrogen-bond acceptors (Lipinski definition) is 5. The van der Waals surface area contributed by atoms with E-state index >= 15 is 0 Å². The molecule has 5 rings (SSSR count). The number of methoxy groups -OCH3 is 1. The van der Waals surface area contributed by atoms with Crippen molar-refractivity contribution in [2.24, 2.45) is 22.2 Å². The molecule has 0 aromatic rings. The van der Waals surface area contributed by atoms with Gasteiger partial charge in [0.1, 0.15) is 12.6 Å². The third-order valence-electron chi connectivity index (χ3n) is 9.28. The Morgan fingerprint density at radius 3 is 2.68 bits per heavy atom. The van der Waals surface area contributed by atoms with E-state index < -0.39 is 5.41 Å². The molecule has 0 aromatic heterocycles. The van der Waals surface area contributed by atoms with Crippen molar-refractivity contribution in [2.45, 2.75) is 64.9 Å². The van der Waals surface area contributed by atoms with E-state index in [-0.39, 0.29) is 35.4 Å². The molecule has 2 fully saturated rings. The number of fused-ring (bicyclic) bond motifs is 3. The number of ketones is 2. The fourth-order valence-electron chi connectivity index (χ4n) is 7.53. The molecule has 5 atom stereocenters. The molecule has 5 heteroatoms. The molecule has 0 heterocycles. The predicted octanol–water partition coefficient (Wildman–Crippen LogP) is 4.32. The highest BCUT2D eigenvalue weighted by molar-refractivity contribution is 5.94. The fraction of sp³-hybridized carbons (Fsp3) is 0.692. The average Bonchev–Trinajstić information content (AvgIpc) is 3.17. The fourth-order valence-corrected chi connectivity index (χ4v) is 7.53. The second-order valence-corrected chi connectivity index (χ2v) is 10.5. The summed E-state index contributed by atoms with van der Waals surface area (Å²) in [5.41, 5.74) is 3.17. The monoisotopic (exact) mass is 426 g/mol. The second kappa shape index (κ2) is 7.50. The normalized spacial score (nSPS) is 41.1. The lowest BCUT2D eigenvalue weighted by molar-refractivity contribution is -0.159. The van der Waals surface area contributed by atoms with E-state index in [2.05, 4.69) is 26.0 Å². The average molecular weight is 427 g/mol. The second-order valence-electron chi connectivity index (χ2n) is 10.5. The van der Waals surface area contributed by atoms with Crippen molar-refractivity contribution in [3.8, 4) is 0 Å². The maximum Gasteiger partial charge on any atom is 0.155 e. The van der Waals surface area contributed by atoms with Gasteiger partial charge in [-0.2, -0.15) is 0 Å². The van der Waals surface area contributed by atoms with Crippen LogP contribution in [0.1, 0.15) is 58.8 Å². The maximum absolute atomic E-state index is 13.5. The van der Waals surface area contributed by atoms with Crippen LogP contribution in [0.15, 0.2) is 34.9 Å². The summed E-state index contributed by atoms with van der Waals surface area (Å²) in [4.78, 5) is 25.6. The summed E-state index contributed by atoms with van der Waals surface area (Å²) in [5.74, 6) is 0.851. The van der Waals surface area contributed by atoms with E-state index in [0.717, 1.165) is 37.7 Å². The zero-order valence-corrected chi connectivity index (χ0v) is 19.0. The van der Waals surface area contributed by atoms with Gasteiger partial charge in [0.15, 0.2) is 5.78 Å². The van der Waals surface area contributed by atoms with Crippen molar-refractivity contribution in [3.05, 3.63) is 34.9 Å². The summed E-state index contributed by atoms with van der Waals surface area (Å²) < 4.78 is 17.2. The summed E-state index contributed by atoms with van der Waals surface area (Å²) in [6.45, 7) is 5.83. The van der Waals surface area contributed by atoms with Gasteiger partial charge in [0, 0.05) is 25.4 Å². The standard InChI is InChI=1S/C26H34O5/c1-24-10-8-21-20-6-4-17-14-18(27)5-7-19(17)25(20,2)23(31-16-30-13-12-29-3)15-26(21,24)22(28)9-11-24/h4,6,14,19,23H,5,7-13,15-16H2,1-3H3/t19?,23-,24+,25-,26-/m1/s1. The first kappa shape index (κ1) is 21.3. The van der Waals surface area contributed by atoms with E-state index in [0.29, 0.717) is 31.8 Å². The number of hydrogen-bond donors (Lipinski definition) is 0. The van der Waals surface area contributed by atoms with Gasteiger partial charge in [-0.1, -0.05) is 31.6 Å². The largest absolute Gasteiger partial charge is 0.382 e. The van der Waals surface area contributed by atoms with Crippen LogP contribution in [-0.2, 0) is 23.8 Å². The Kier molecular flexibility index (Phi) is 5.15. The minimum absolute atomic E-state index is 0.0265. The number of carbonyl (C=O) groups is 2. The van der Waals surface area contributed by atoms with Gasteiger partial charge in [-0.25, -0.2) is 0 Å². The van der Waals surface area contributed by atoms with Gasteiger partial charge in [0.2, 0.25) is 0 Å². The van der Waals surface area contributed by atoms with Crippen LogP contribution in [0.25, 0.3) is 0 Å². The summed E-state index contributed by atoms with van der Waals surface area (Å²) >= 11 is 0. The third-order valence-corrected chi connectivity index (χ3v) is 9.28. The van der Waals surface area contributed by atoms with E-state index in [1.807, 2.05) is 6.08 Å². The Morgan fingerprint density at radius 2 is 1.87 bits per heavy atom. The topological polar surface area (TPSA) is 61.8 Å². The van der Waals surface area contributed by atoms with Crippen molar-refractivity contribution in [2.75, 3.05) is 27.1 Å². The van der Waals surface area contributed by atoms with Crippen molar-refractivity contribution >= 4 is 11.6 Å². The number of Topliss-reactive ketones (excluding diaryl/α,β-unsaturated/α-hetero) is 1. The SMILES string of the molecule is COCCOCO[C@@H]1C[C@@]23C(=O)CC[C@]2(C)CCC3=C2C=CC3=CC(=O)CCC3[C@]21C. The lowest BCUT2D eigenvalue weighted by atomic mass is 9.49. The first-order valence-electron chi connectivity index (χ1n) is 11.7. The molecule has 0 bridgehead atoms. The number of allylic oxidation sites excluding steroid dienone is 5. The van der Waals surface area contributed by atoms with Crippen molar-refractivity contribution < 1.29 is 23.8 Å². The van der Waals surface area contributed by atoms with Gasteiger partial charge >= 0.3 is 0 Å². The zero-order valence-electron chi connectivity index (χ0n) is 19.0. The highest BCUT2D eigenvalue weighted by Crippen LogP contribution is 2.72. The first-order valence-corrected chi connectivity index (χ1v) is 11.7. The molecule has 2 saturated carbocycles. The van der Waals surface area contributed by atoms with Gasteiger partial charge in [-0.05, 0) is 60.7 Å². The molecular weight excluding hydrogens is 392 g/mol. The molecule has 0 aromatic carbocycles. The lowest BCUT2D eigenvalue weighted by Crippen LogP contribution is -2.55. The number of rotatable bonds is 6. The molecule has 1 spiro atoms. The molecule has 0 N–H and O–H groups in total. The van der Waals surface area contributed by atoms with E-state index in [1.165, 1.54) is 11.1 Å². The molecule has 5 nitrogen and oxygen atoms in total. The molecule has 0 saturated heterocycles. The Labute approximate surface area is 184 Å². The zero-order chi connectivity index (χ0) is 21.9. The van der Waals surface area contributed by atoms with Gasteiger partial charge in [-0.3, -0.25) is 9.59 Å². The Morgan fingerprint density at radius 1 is 1.06 bits per heavy atom. The van der Waals surface area contributed by atoms with Gasteiger partial charge in [-0.15, -0.1) is 0 Å². The van der Waals surface area contributed by atoms with Gasteiger partial charge in [0.05, 0.1) is 24.7 Å². The minimum atomic E-state index is -0.394. The quantitative estimate of drug-likeness (QED) is 0.467. The smallest absolute Gasteiger partial charge is 0.155 e. The molecule has 5 aliphatic carbocycles. The Hall–Kier alpha value is -1.56.